The summed E-state index contributed by atoms with van der Waals surface area (Å²) in [5.74, 6) is -0.0387. The van der Waals surface area contributed by atoms with Crippen molar-refractivity contribution in [1.82, 2.24) is 9.88 Å². The Morgan fingerprint density at radius 2 is 2.33 bits per heavy atom. The first-order chi connectivity index (χ1) is 7.15. The molecule has 82 valence electrons. The summed E-state index contributed by atoms with van der Waals surface area (Å²) >= 11 is 0. The van der Waals surface area contributed by atoms with Crippen LogP contribution in [0.4, 0.5) is 0 Å². The van der Waals surface area contributed by atoms with Crippen LogP contribution >= 0.6 is 0 Å². The van der Waals surface area contributed by atoms with E-state index in [-0.39, 0.29) is 5.91 Å². The predicted octanol–water partition coefficient (Wildman–Crippen LogP) is 0.777. The van der Waals surface area contributed by atoms with E-state index in [0.717, 1.165) is 5.69 Å². The van der Waals surface area contributed by atoms with Crippen LogP contribution in [0, 0.1) is 0 Å². The van der Waals surface area contributed by atoms with Gasteiger partial charge in [0.2, 0.25) is 5.91 Å². The molecule has 0 aliphatic heterocycles. The second-order valence-corrected chi connectivity index (χ2v) is 3.46. The molecular formula is C11H17N3O. The third-order valence-corrected chi connectivity index (χ3v) is 2.16. The molecule has 1 heterocycles. The summed E-state index contributed by atoms with van der Waals surface area (Å²) in [5.41, 5.74) is 6.44. The summed E-state index contributed by atoms with van der Waals surface area (Å²) in [6.45, 7) is 4.81. The molecule has 1 atom stereocenters. The molecule has 4 heteroatoms. The number of pyridine rings is 1. The number of hydrogen-bond donors (Lipinski definition) is 1. The molecule has 1 amide bonds. The van der Waals surface area contributed by atoms with E-state index in [0.29, 0.717) is 13.1 Å². The van der Waals surface area contributed by atoms with Crippen LogP contribution in [-0.2, 0) is 11.3 Å². The minimum absolute atomic E-state index is 0.0387. The predicted molar refractivity (Wildman–Crippen MR) is 59.0 cm³/mol. The average molecular weight is 207 g/mol. The zero-order chi connectivity index (χ0) is 11.3. The fourth-order valence-electron chi connectivity index (χ4n) is 1.32. The number of aromatic nitrogens is 1. The Morgan fingerprint density at radius 3 is 2.80 bits per heavy atom. The summed E-state index contributed by atoms with van der Waals surface area (Å²) in [6.07, 6.45) is 1.72. The maximum atomic E-state index is 11.7. The maximum absolute atomic E-state index is 11.7. The van der Waals surface area contributed by atoms with Crippen molar-refractivity contribution >= 4 is 5.91 Å². The first-order valence-corrected chi connectivity index (χ1v) is 5.09. The molecule has 0 bridgehead atoms. The molecule has 15 heavy (non-hydrogen) atoms. The number of rotatable bonds is 4. The van der Waals surface area contributed by atoms with Gasteiger partial charge in [0.25, 0.3) is 0 Å². The van der Waals surface area contributed by atoms with Crippen LogP contribution in [0.3, 0.4) is 0 Å². The molecule has 1 aromatic heterocycles. The van der Waals surface area contributed by atoms with Crippen molar-refractivity contribution in [3.05, 3.63) is 30.1 Å². The number of hydrogen-bond acceptors (Lipinski definition) is 3. The van der Waals surface area contributed by atoms with E-state index in [1.807, 2.05) is 25.1 Å². The molecule has 0 spiro atoms. The largest absolute Gasteiger partial charge is 0.336 e. The van der Waals surface area contributed by atoms with Gasteiger partial charge in [-0.3, -0.25) is 9.78 Å². The summed E-state index contributed by atoms with van der Waals surface area (Å²) in [7, 11) is 0. The van der Waals surface area contributed by atoms with Crippen molar-refractivity contribution in [3.63, 3.8) is 0 Å². The Kier molecular flexibility index (Phi) is 4.24. The first kappa shape index (κ1) is 11.7. The number of carbonyl (C=O) groups is 1. The molecule has 0 aromatic carbocycles. The Balaban J connectivity index is 2.66. The SMILES string of the molecule is CCN(Cc1ccccn1)C(=O)[C@@H](C)N. The molecule has 1 rings (SSSR count). The quantitative estimate of drug-likeness (QED) is 0.793. The fraction of sp³-hybridized carbons (Fsp3) is 0.455. The summed E-state index contributed by atoms with van der Waals surface area (Å²) in [4.78, 5) is 17.5. The summed E-state index contributed by atoms with van der Waals surface area (Å²) in [5, 5.41) is 0. The highest BCUT2D eigenvalue weighted by Crippen LogP contribution is 2.02. The molecule has 0 unspecified atom stereocenters. The zero-order valence-corrected chi connectivity index (χ0v) is 9.18. The van der Waals surface area contributed by atoms with Crippen LogP contribution in [0.2, 0.25) is 0 Å². The molecule has 0 aliphatic carbocycles. The lowest BCUT2D eigenvalue weighted by Crippen LogP contribution is -2.41. The smallest absolute Gasteiger partial charge is 0.239 e. The molecule has 0 saturated carbocycles. The highest BCUT2D eigenvalue weighted by molar-refractivity contribution is 5.81. The van der Waals surface area contributed by atoms with Crippen molar-refractivity contribution in [2.24, 2.45) is 5.73 Å². The van der Waals surface area contributed by atoms with Gasteiger partial charge in [-0.05, 0) is 26.0 Å². The molecule has 1 aromatic rings. The molecular weight excluding hydrogens is 190 g/mol. The Labute approximate surface area is 90.1 Å². The average Bonchev–Trinajstić information content (AvgIpc) is 2.26. The number of carbonyl (C=O) groups excluding carboxylic acids is 1. The minimum atomic E-state index is -0.450. The Hall–Kier alpha value is -1.42. The first-order valence-electron chi connectivity index (χ1n) is 5.09. The van der Waals surface area contributed by atoms with E-state index in [4.69, 9.17) is 5.73 Å². The van der Waals surface area contributed by atoms with Crippen LogP contribution < -0.4 is 5.73 Å². The highest BCUT2D eigenvalue weighted by atomic mass is 16.2. The van der Waals surface area contributed by atoms with Gasteiger partial charge in [0.1, 0.15) is 0 Å². The van der Waals surface area contributed by atoms with Crippen LogP contribution in [0.25, 0.3) is 0 Å². The molecule has 2 N–H and O–H groups in total. The second-order valence-electron chi connectivity index (χ2n) is 3.46. The second kappa shape index (κ2) is 5.46. The normalized spacial score (nSPS) is 12.2. The third-order valence-electron chi connectivity index (χ3n) is 2.16. The van der Waals surface area contributed by atoms with E-state index in [1.165, 1.54) is 0 Å². The zero-order valence-electron chi connectivity index (χ0n) is 9.18. The molecule has 0 saturated heterocycles. The van der Waals surface area contributed by atoms with Crippen LogP contribution in [-0.4, -0.2) is 28.4 Å². The topological polar surface area (TPSA) is 59.2 Å². The molecule has 0 fully saturated rings. The number of nitrogens with two attached hydrogens (primary N) is 1. The maximum Gasteiger partial charge on any atom is 0.239 e. The van der Waals surface area contributed by atoms with E-state index < -0.39 is 6.04 Å². The van der Waals surface area contributed by atoms with Gasteiger partial charge in [-0.25, -0.2) is 0 Å². The van der Waals surface area contributed by atoms with E-state index in [1.54, 1.807) is 18.0 Å². The van der Waals surface area contributed by atoms with Gasteiger partial charge >= 0.3 is 0 Å². The van der Waals surface area contributed by atoms with Gasteiger partial charge in [-0.15, -0.1) is 0 Å². The highest BCUT2D eigenvalue weighted by Gasteiger charge is 2.15. The number of nitrogens with zero attached hydrogens (tertiary/aromatic N) is 2. The summed E-state index contributed by atoms with van der Waals surface area (Å²) < 4.78 is 0. The van der Waals surface area contributed by atoms with E-state index in [2.05, 4.69) is 4.98 Å². The van der Waals surface area contributed by atoms with Crippen LogP contribution in [0.1, 0.15) is 19.5 Å². The Morgan fingerprint density at radius 1 is 1.60 bits per heavy atom. The third kappa shape index (κ3) is 3.32. The van der Waals surface area contributed by atoms with Gasteiger partial charge in [0, 0.05) is 12.7 Å². The lowest BCUT2D eigenvalue weighted by molar-refractivity contribution is -0.132. The summed E-state index contributed by atoms with van der Waals surface area (Å²) in [6, 6.07) is 5.21. The monoisotopic (exact) mass is 207 g/mol. The van der Waals surface area contributed by atoms with Crippen molar-refractivity contribution < 1.29 is 4.79 Å². The Bertz CT molecular complexity index is 311. The van der Waals surface area contributed by atoms with Crippen molar-refractivity contribution in [2.75, 3.05) is 6.54 Å². The molecule has 4 nitrogen and oxygen atoms in total. The van der Waals surface area contributed by atoms with Crippen molar-refractivity contribution in [1.29, 1.82) is 0 Å². The van der Waals surface area contributed by atoms with Gasteiger partial charge in [-0.1, -0.05) is 6.07 Å². The number of amides is 1. The van der Waals surface area contributed by atoms with Gasteiger partial charge < -0.3 is 10.6 Å². The van der Waals surface area contributed by atoms with Gasteiger partial charge in [0.05, 0.1) is 18.3 Å². The van der Waals surface area contributed by atoms with E-state index in [9.17, 15) is 4.79 Å². The minimum Gasteiger partial charge on any atom is -0.336 e. The van der Waals surface area contributed by atoms with Gasteiger partial charge in [0.15, 0.2) is 0 Å². The molecule has 0 aliphatic rings. The van der Waals surface area contributed by atoms with E-state index >= 15 is 0 Å². The van der Waals surface area contributed by atoms with Crippen LogP contribution in [0.5, 0.6) is 0 Å². The van der Waals surface area contributed by atoms with Crippen molar-refractivity contribution in [3.8, 4) is 0 Å². The lowest BCUT2D eigenvalue weighted by atomic mass is 10.2. The van der Waals surface area contributed by atoms with Crippen LogP contribution in [0.15, 0.2) is 24.4 Å². The lowest BCUT2D eigenvalue weighted by Gasteiger charge is -2.22. The van der Waals surface area contributed by atoms with Crippen molar-refractivity contribution in [2.45, 2.75) is 26.4 Å². The fourth-order valence-corrected chi connectivity index (χ4v) is 1.32. The standard InChI is InChI=1S/C11H17N3O/c1-3-14(11(15)9(2)12)8-10-6-4-5-7-13-10/h4-7,9H,3,8,12H2,1-2H3/t9-/m1/s1. The van der Waals surface area contributed by atoms with Gasteiger partial charge in [-0.2, -0.15) is 0 Å². The molecule has 0 radical (unpaired) electrons. The number of likely N-dealkylation sites (N-methyl/N-ethyl adjacent to an activating group) is 1.